The van der Waals surface area contributed by atoms with E-state index in [2.05, 4.69) is 64.5 Å². The Morgan fingerprint density at radius 2 is 1.70 bits per heavy atom. The molecule has 27 heavy (non-hydrogen) atoms. The molecule has 0 aromatic heterocycles. The van der Waals surface area contributed by atoms with Gasteiger partial charge in [-0.2, -0.15) is 5.10 Å². The Morgan fingerprint density at radius 1 is 1.00 bits per heavy atom. The molecule has 0 radical (unpaired) electrons. The van der Waals surface area contributed by atoms with E-state index in [-0.39, 0.29) is 5.91 Å². The van der Waals surface area contributed by atoms with Crippen molar-refractivity contribution < 1.29 is 4.79 Å². The number of carbonyl (C=O) groups excluding carboxylic acids is 1. The number of rotatable bonds is 6. The number of amides is 1. The number of aryl methyl sites for hydroxylation is 1. The molecule has 5 nitrogen and oxygen atoms in total. The van der Waals surface area contributed by atoms with Gasteiger partial charge in [0.2, 0.25) is 0 Å². The predicted molar refractivity (Wildman–Crippen MR) is 110 cm³/mol. The molecule has 142 valence electrons. The largest absolute Gasteiger partial charge is 0.297 e. The van der Waals surface area contributed by atoms with Gasteiger partial charge in [0.1, 0.15) is 0 Å². The average Bonchev–Trinajstić information content (AvgIpc) is 2.67. The highest BCUT2D eigenvalue weighted by Gasteiger charge is 2.18. The summed E-state index contributed by atoms with van der Waals surface area (Å²) in [6, 6.07) is 16.6. The Morgan fingerprint density at radius 3 is 2.44 bits per heavy atom. The zero-order chi connectivity index (χ0) is 19.1. The zero-order valence-electron chi connectivity index (χ0n) is 16.2. The molecular formula is C22H28N4O. The lowest BCUT2D eigenvalue weighted by Gasteiger charge is -2.34. The third kappa shape index (κ3) is 5.74. The number of hydrogen-bond donors (Lipinski definition) is 1. The molecule has 0 spiro atoms. The maximum Gasteiger partial charge on any atom is 0.254 e. The van der Waals surface area contributed by atoms with Gasteiger partial charge in [-0.05, 0) is 36.1 Å². The third-order valence-corrected chi connectivity index (χ3v) is 5.12. The quantitative estimate of drug-likeness (QED) is 0.633. The summed E-state index contributed by atoms with van der Waals surface area (Å²) >= 11 is 0. The molecule has 2 aromatic rings. The van der Waals surface area contributed by atoms with E-state index in [0.29, 0.717) is 6.54 Å². The summed E-state index contributed by atoms with van der Waals surface area (Å²) in [7, 11) is 0. The smallest absolute Gasteiger partial charge is 0.254 e. The molecule has 0 unspecified atom stereocenters. The minimum absolute atomic E-state index is 0.0620. The van der Waals surface area contributed by atoms with Crippen molar-refractivity contribution in [3.05, 3.63) is 70.8 Å². The van der Waals surface area contributed by atoms with Gasteiger partial charge in [0, 0.05) is 32.7 Å². The molecule has 1 N–H and O–H groups in total. The Labute approximate surface area is 161 Å². The van der Waals surface area contributed by atoms with Gasteiger partial charge in [-0.15, -0.1) is 0 Å². The minimum Gasteiger partial charge on any atom is -0.297 e. The lowest BCUT2D eigenvalue weighted by Crippen LogP contribution is -2.48. The first-order chi connectivity index (χ1) is 13.1. The first-order valence-electron chi connectivity index (χ1n) is 9.48. The lowest BCUT2D eigenvalue weighted by atomic mass is 10.0. The second-order valence-electron chi connectivity index (χ2n) is 7.12. The molecule has 0 bridgehead atoms. The van der Waals surface area contributed by atoms with Crippen LogP contribution in [0.1, 0.15) is 22.3 Å². The van der Waals surface area contributed by atoms with Crippen molar-refractivity contribution in [3.63, 3.8) is 0 Å². The topological polar surface area (TPSA) is 47.9 Å². The number of carbonyl (C=O) groups is 1. The number of hydrazone groups is 1. The molecule has 1 amide bonds. The van der Waals surface area contributed by atoms with E-state index in [9.17, 15) is 4.79 Å². The SMILES string of the molecule is Cc1cccc(/C=N/NC(=O)CN2CCN(Cc3ccccc3)CC2)c1C. The summed E-state index contributed by atoms with van der Waals surface area (Å²) < 4.78 is 0. The van der Waals surface area contributed by atoms with Gasteiger partial charge in [0.15, 0.2) is 0 Å². The molecule has 0 aliphatic carbocycles. The van der Waals surface area contributed by atoms with E-state index in [0.717, 1.165) is 38.3 Å². The number of benzene rings is 2. The summed E-state index contributed by atoms with van der Waals surface area (Å²) in [5, 5.41) is 4.12. The zero-order valence-corrected chi connectivity index (χ0v) is 16.2. The highest BCUT2D eigenvalue weighted by atomic mass is 16.2. The van der Waals surface area contributed by atoms with Crippen molar-refractivity contribution in [3.8, 4) is 0 Å². The molecule has 3 rings (SSSR count). The van der Waals surface area contributed by atoms with Crippen LogP contribution in [0.5, 0.6) is 0 Å². The van der Waals surface area contributed by atoms with Gasteiger partial charge in [-0.3, -0.25) is 14.6 Å². The molecule has 0 saturated carbocycles. The first kappa shape index (κ1) is 19.3. The van der Waals surface area contributed by atoms with E-state index in [1.165, 1.54) is 16.7 Å². The molecule has 1 aliphatic heterocycles. The van der Waals surface area contributed by atoms with Crippen LogP contribution >= 0.6 is 0 Å². The van der Waals surface area contributed by atoms with Crippen LogP contribution in [-0.4, -0.2) is 54.6 Å². The third-order valence-electron chi connectivity index (χ3n) is 5.12. The standard InChI is InChI=1S/C22H28N4O/c1-18-7-6-10-21(19(18)2)15-23-24-22(27)17-26-13-11-25(12-14-26)16-20-8-4-3-5-9-20/h3-10,15H,11-14,16-17H2,1-2H3,(H,24,27)/b23-15+. The van der Waals surface area contributed by atoms with Gasteiger partial charge in [-0.1, -0.05) is 48.5 Å². The Kier molecular flexibility index (Phi) is 6.74. The van der Waals surface area contributed by atoms with Crippen LogP contribution in [-0.2, 0) is 11.3 Å². The van der Waals surface area contributed by atoms with Crippen LogP contribution in [0.15, 0.2) is 53.6 Å². The number of nitrogens with zero attached hydrogens (tertiary/aromatic N) is 3. The molecule has 1 fully saturated rings. The minimum atomic E-state index is -0.0620. The van der Waals surface area contributed by atoms with Gasteiger partial charge >= 0.3 is 0 Å². The van der Waals surface area contributed by atoms with E-state index in [1.54, 1.807) is 6.21 Å². The first-order valence-corrected chi connectivity index (χ1v) is 9.48. The monoisotopic (exact) mass is 364 g/mol. The van der Waals surface area contributed by atoms with E-state index in [4.69, 9.17) is 0 Å². The Hall–Kier alpha value is -2.50. The highest BCUT2D eigenvalue weighted by Crippen LogP contribution is 2.10. The number of piperazine rings is 1. The summed E-state index contributed by atoms with van der Waals surface area (Å²) in [5.74, 6) is -0.0620. The fourth-order valence-corrected chi connectivity index (χ4v) is 3.27. The van der Waals surface area contributed by atoms with Gasteiger partial charge < -0.3 is 0 Å². The van der Waals surface area contributed by atoms with Crippen molar-refractivity contribution in [2.24, 2.45) is 5.10 Å². The predicted octanol–water partition coefficient (Wildman–Crippen LogP) is 2.57. The Balaban J connectivity index is 1.40. The maximum atomic E-state index is 12.1. The van der Waals surface area contributed by atoms with E-state index < -0.39 is 0 Å². The molecule has 1 heterocycles. The second-order valence-corrected chi connectivity index (χ2v) is 7.12. The van der Waals surface area contributed by atoms with Crippen LogP contribution in [0.25, 0.3) is 0 Å². The fourth-order valence-electron chi connectivity index (χ4n) is 3.27. The maximum absolute atomic E-state index is 12.1. The van der Waals surface area contributed by atoms with Crippen LogP contribution in [0.3, 0.4) is 0 Å². The molecule has 1 aliphatic rings. The Bertz CT molecular complexity index is 780. The van der Waals surface area contributed by atoms with E-state index >= 15 is 0 Å². The van der Waals surface area contributed by atoms with Crippen molar-refractivity contribution in [2.45, 2.75) is 20.4 Å². The van der Waals surface area contributed by atoms with Gasteiger partial charge in [-0.25, -0.2) is 5.43 Å². The molecule has 0 atom stereocenters. The highest BCUT2D eigenvalue weighted by molar-refractivity contribution is 5.84. The summed E-state index contributed by atoms with van der Waals surface area (Å²) in [6.07, 6.45) is 1.72. The number of nitrogens with one attached hydrogen (secondary N) is 1. The lowest BCUT2D eigenvalue weighted by molar-refractivity contribution is -0.122. The van der Waals surface area contributed by atoms with Crippen LogP contribution in [0.4, 0.5) is 0 Å². The van der Waals surface area contributed by atoms with Crippen molar-refractivity contribution in [1.82, 2.24) is 15.2 Å². The summed E-state index contributed by atoms with van der Waals surface area (Å²) in [6.45, 7) is 9.27. The molecule has 2 aromatic carbocycles. The normalized spacial score (nSPS) is 15.9. The van der Waals surface area contributed by atoms with Crippen molar-refractivity contribution in [2.75, 3.05) is 32.7 Å². The molecule has 5 heteroatoms. The molecule has 1 saturated heterocycles. The summed E-state index contributed by atoms with van der Waals surface area (Å²) in [5.41, 5.74) is 7.43. The second kappa shape index (κ2) is 9.44. The van der Waals surface area contributed by atoms with Crippen molar-refractivity contribution >= 4 is 12.1 Å². The van der Waals surface area contributed by atoms with Crippen molar-refractivity contribution in [1.29, 1.82) is 0 Å². The fraction of sp³-hybridized carbons (Fsp3) is 0.364. The van der Waals surface area contributed by atoms with Gasteiger partial charge in [0.25, 0.3) is 5.91 Å². The average molecular weight is 364 g/mol. The summed E-state index contributed by atoms with van der Waals surface area (Å²) in [4.78, 5) is 16.8. The van der Waals surface area contributed by atoms with E-state index in [1.807, 2.05) is 18.2 Å². The number of hydrogen-bond acceptors (Lipinski definition) is 4. The van der Waals surface area contributed by atoms with Gasteiger partial charge in [0.05, 0.1) is 12.8 Å². The van der Waals surface area contributed by atoms with Crippen LogP contribution in [0.2, 0.25) is 0 Å². The van der Waals surface area contributed by atoms with Crippen LogP contribution < -0.4 is 5.43 Å². The van der Waals surface area contributed by atoms with Crippen LogP contribution in [0, 0.1) is 13.8 Å². The molecular weight excluding hydrogens is 336 g/mol.